The minimum Gasteiger partial charge on any atom is -0.451 e. The van der Waals surface area contributed by atoms with Gasteiger partial charge in [0, 0.05) is 21.7 Å². The number of hydrogen-bond donors (Lipinski definition) is 0. The molecule has 0 saturated heterocycles. The third-order valence-corrected chi connectivity index (χ3v) is 4.90. The maximum Gasteiger partial charge on any atom is 0.331 e. The zero-order valence-electron chi connectivity index (χ0n) is 14.3. The molecule has 3 rings (SSSR count). The van der Waals surface area contributed by atoms with E-state index in [1.54, 1.807) is 25.1 Å². The van der Waals surface area contributed by atoms with Gasteiger partial charge in [-0.15, -0.1) is 0 Å². The number of fused-ring (bicyclic) bond motifs is 1. The molecule has 5 heteroatoms. The van der Waals surface area contributed by atoms with Crippen molar-refractivity contribution in [3.05, 3.63) is 75.0 Å². The number of ether oxygens (including phenoxy) is 1. The Balaban J connectivity index is 1.64. The highest BCUT2D eigenvalue weighted by molar-refractivity contribution is 9.10. The molecule has 0 radical (unpaired) electrons. The van der Waals surface area contributed by atoms with Crippen LogP contribution in [0.1, 0.15) is 40.4 Å². The molecule has 0 aromatic heterocycles. The van der Waals surface area contributed by atoms with Crippen molar-refractivity contribution in [3.63, 3.8) is 0 Å². The number of benzene rings is 2. The Kier molecular flexibility index (Phi) is 5.67. The van der Waals surface area contributed by atoms with Crippen LogP contribution in [0.3, 0.4) is 0 Å². The number of Topliss-reactive ketones (excluding diaryl/α,β-unsaturated/α-hetero) is 1. The average molecular weight is 417 g/mol. The summed E-state index contributed by atoms with van der Waals surface area (Å²) >= 11 is 3.25. The van der Waals surface area contributed by atoms with Crippen LogP contribution in [0.15, 0.2) is 46.9 Å². The Bertz CT molecular complexity index is 889. The van der Waals surface area contributed by atoms with E-state index in [0.29, 0.717) is 10.0 Å². The molecule has 2 aromatic rings. The van der Waals surface area contributed by atoms with Crippen LogP contribution in [0.25, 0.3) is 6.08 Å². The van der Waals surface area contributed by atoms with Crippen LogP contribution < -0.4 is 0 Å². The molecule has 1 aliphatic rings. The van der Waals surface area contributed by atoms with Crippen LogP contribution in [0.4, 0.5) is 4.39 Å². The van der Waals surface area contributed by atoms with Gasteiger partial charge in [-0.1, -0.05) is 28.1 Å². The Morgan fingerprint density at radius 3 is 2.73 bits per heavy atom. The maximum absolute atomic E-state index is 13.7. The minimum atomic E-state index is -0.904. The third kappa shape index (κ3) is 4.28. The van der Waals surface area contributed by atoms with Gasteiger partial charge < -0.3 is 4.74 Å². The molecule has 0 spiro atoms. The molecule has 1 aliphatic carbocycles. The van der Waals surface area contributed by atoms with Crippen LogP contribution in [0.2, 0.25) is 0 Å². The molecule has 0 amide bonds. The van der Waals surface area contributed by atoms with Gasteiger partial charge in [0.05, 0.1) is 0 Å². The van der Waals surface area contributed by atoms with Crippen LogP contribution in [-0.4, -0.2) is 17.9 Å². The third-order valence-electron chi connectivity index (χ3n) is 4.40. The second-order valence-electron chi connectivity index (χ2n) is 6.28. The number of hydrogen-bond acceptors (Lipinski definition) is 3. The lowest BCUT2D eigenvalue weighted by atomic mass is 10.0. The lowest BCUT2D eigenvalue weighted by Crippen LogP contribution is -2.23. The smallest absolute Gasteiger partial charge is 0.331 e. The highest BCUT2D eigenvalue weighted by atomic mass is 79.9. The SMILES string of the molecule is C[C@@H](OC(=O)/C=C/c1cc(Br)ccc1F)C(=O)c1ccc2c(c1)CCC2. The molecule has 0 bridgehead atoms. The summed E-state index contributed by atoms with van der Waals surface area (Å²) in [6.07, 6.45) is 4.68. The van der Waals surface area contributed by atoms with Gasteiger partial charge >= 0.3 is 5.97 Å². The van der Waals surface area contributed by atoms with E-state index in [-0.39, 0.29) is 11.3 Å². The largest absolute Gasteiger partial charge is 0.451 e. The average Bonchev–Trinajstić information content (AvgIpc) is 3.09. The highest BCUT2D eigenvalue weighted by Gasteiger charge is 2.20. The number of rotatable bonds is 5. The van der Waals surface area contributed by atoms with Gasteiger partial charge in [-0.3, -0.25) is 4.79 Å². The summed E-state index contributed by atoms with van der Waals surface area (Å²) in [5, 5.41) is 0. The molecule has 3 nitrogen and oxygen atoms in total. The minimum absolute atomic E-state index is 0.241. The molecule has 1 atom stereocenters. The number of halogens is 2. The Morgan fingerprint density at radius 2 is 1.92 bits per heavy atom. The summed E-state index contributed by atoms with van der Waals surface area (Å²) in [4.78, 5) is 24.4. The molecule has 0 N–H and O–H groups in total. The molecule has 0 aliphatic heterocycles. The maximum atomic E-state index is 13.7. The number of esters is 1. The van der Waals surface area contributed by atoms with E-state index < -0.39 is 17.9 Å². The number of carbonyl (C=O) groups excluding carboxylic acids is 2. The first-order valence-corrected chi connectivity index (χ1v) is 9.23. The van der Waals surface area contributed by atoms with E-state index in [1.807, 2.05) is 12.1 Å². The van der Waals surface area contributed by atoms with Crippen LogP contribution in [-0.2, 0) is 22.4 Å². The number of carbonyl (C=O) groups is 2. The topological polar surface area (TPSA) is 43.4 Å². The molecule has 0 fully saturated rings. The van der Waals surface area contributed by atoms with Crippen molar-refractivity contribution < 1.29 is 18.7 Å². The van der Waals surface area contributed by atoms with Gasteiger partial charge in [0.15, 0.2) is 6.10 Å². The Morgan fingerprint density at radius 1 is 1.15 bits per heavy atom. The van der Waals surface area contributed by atoms with Crippen LogP contribution in [0, 0.1) is 5.82 Å². The first-order chi connectivity index (χ1) is 12.4. The van der Waals surface area contributed by atoms with Gasteiger partial charge in [-0.05, 0) is 67.7 Å². The van der Waals surface area contributed by atoms with Gasteiger partial charge in [-0.25, -0.2) is 9.18 Å². The molecule has 134 valence electrons. The van der Waals surface area contributed by atoms with E-state index in [4.69, 9.17) is 4.74 Å². The lowest BCUT2D eigenvalue weighted by Gasteiger charge is -2.12. The fraction of sp³-hybridized carbons (Fsp3) is 0.238. The second kappa shape index (κ2) is 7.96. The van der Waals surface area contributed by atoms with E-state index in [1.165, 1.54) is 23.3 Å². The van der Waals surface area contributed by atoms with E-state index in [0.717, 1.165) is 25.3 Å². The monoisotopic (exact) mass is 416 g/mol. The molecule has 0 saturated carbocycles. The summed E-state index contributed by atoms with van der Waals surface area (Å²) in [7, 11) is 0. The van der Waals surface area contributed by atoms with E-state index >= 15 is 0 Å². The fourth-order valence-electron chi connectivity index (χ4n) is 3.03. The second-order valence-corrected chi connectivity index (χ2v) is 7.20. The molecule has 0 unspecified atom stereocenters. The quantitative estimate of drug-likeness (QED) is 0.395. The molecular formula is C21H18BrFO3. The summed E-state index contributed by atoms with van der Waals surface area (Å²) < 4.78 is 19.5. The van der Waals surface area contributed by atoms with E-state index in [9.17, 15) is 14.0 Å². The molecule has 26 heavy (non-hydrogen) atoms. The molecule has 2 aromatic carbocycles. The van der Waals surface area contributed by atoms with Crippen molar-refractivity contribution >= 4 is 33.8 Å². The van der Waals surface area contributed by atoms with Gasteiger partial charge in [-0.2, -0.15) is 0 Å². The number of aryl methyl sites for hydroxylation is 2. The summed E-state index contributed by atoms with van der Waals surface area (Å²) in [5.41, 5.74) is 3.28. The Hall–Kier alpha value is -2.27. The molecular weight excluding hydrogens is 399 g/mol. The fourth-order valence-corrected chi connectivity index (χ4v) is 3.41. The number of ketones is 1. The van der Waals surface area contributed by atoms with Crippen molar-refractivity contribution in [1.29, 1.82) is 0 Å². The van der Waals surface area contributed by atoms with Crippen molar-refractivity contribution in [3.8, 4) is 0 Å². The van der Waals surface area contributed by atoms with Crippen LogP contribution in [0.5, 0.6) is 0 Å². The van der Waals surface area contributed by atoms with Crippen molar-refractivity contribution in [2.45, 2.75) is 32.3 Å². The summed E-state index contributed by atoms with van der Waals surface area (Å²) in [5.74, 6) is -1.37. The van der Waals surface area contributed by atoms with Gasteiger partial charge in [0.1, 0.15) is 5.82 Å². The Labute approximate surface area is 160 Å². The van der Waals surface area contributed by atoms with Crippen molar-refractivity contribution in [1.82, 2.24) is 0 Å². The van der Waals surface area contributed by atoms with Crippen molar-refractivity contribution in [2.75, 3.05) is 0 Å². The zero-order valence-corrected chi connectivity index (χ0v) is 15.9. The normalized spacial score (nSPS) is 14.3. The first-order valence-electron chi connectivity index (χ1n) is 8.44. The lowest BCUT2D eigenvalue weighted by molar-refractivity contribution is -0.140. The predicted molar refractivity (Wildman–Crippen MR) is 101 cm³/mol. The van der Waals surface area contributed by atoms with Gasteiger partial charge in [0.25, 0.3) is 0 Å². The van der Waals surface area contributed by atoms with Gasteiger partial charge in [0.2, 0.25) is 5.78 Å². The summed E-state index contributed by atoms with van der Waals surface area (Å²) in [6.45, 7) is 1.54. The predicted octanol–water partition coefficient (Wildman–Crippen LogP) is 4.90. The van der Waals surface area contributed by atoms with Crippen molar-refractivity contribution in [2.24, 2.45) is 0 Å². The van der Waals surface area contributed by atoms with Crippen LogP contribution >= 0.6 is 15.9 Å². The molecule has 0 heterocycles. The summed E-state index contributed by atoms with van der Waals surface area (Å²) in [6, 6.07) is 10.1. The first kappa shape index (κ1) is 18.5. The van der Waals surface area contributed by atoms with E-state index in [2.05, 4.69) is 15.9 Å². The standard InChI is InChI=1S/C21H18BrFO3/c1-13(21(25)17-6-5-14-3-2-4-15(14)11-17)26-20(24)10-7-16-12-18(22)8-9-19(16)23/h5-13H,2-4H2,1H3/b10-7+/t13-/m1/s1. The highest BCUT2D eigenvalue weighted by Crippen LogP contribution is 2.23. The zero-order chi connectivity index (χ0) is 18.7.